The predicted octanol–water partition coefficient (Wildman–Crippen LogP) is 3.80. The van der Waals surface area contributed by atoms with Gasteiger partial charge in [0.25, 0.3) is 0 Å². The summed E-state index contributed by atoms with van der Waals surface area (Å²) < 4.78 is 33.8. The van der Waals surface area contributed by atoms with Gasteiger partial charge < -0.3 is 18.8 Å². The van der Waals surface area contributed by atoms with Gasteiger partial charge >= 0.3 is 11.9 Å². The molecular formula is C26H21FN4O5. The molecule has 9 nitrogen and oxygen atoms in total. The monoisotopic (exact) mass is 488 g/mol. The third kappa shape index (κ3) is 4.65. The van der Waals surface area contributed by atoms with Crippen LogP contribution in [0.15, 0.2) is 85.3 Å². The average molecular weight is 488 g/mol. The van der Waals surface area contributed by atoms with Crippen molar-refractivity contribution < 1.29 is 28.2 Å². The number of aromatic nitrogens is 4. The highest BCUT2D eigenvalue weighted by atomic mass is 19.1. The molecule has 0 amide bonds. The van der Waals surface area contributed by atoms with E-state index in [0.29, 0.717) is 22.4 Å². The van der Waals surface area contributed by atoms with Gasteiger partial charge in [-0.1, -0.05) is 36.4 Å². The van der Waals surface area contributed by atoms with E-state index in [9.17, 15) is 9.59 Å². The van der Waals surface area contributed by atoms with Gasteiger partial charge in [-0.2, -0.15) is 0 Å². The summed E-state index contributed by atoms with van der Waals surface area (Å²) >= 11 is 0. The number of fused-ring (bicyclic) bond motifs is 1. The molecule has 2 aromatic heterocycles. The maximum atomic E-state index is 15.6. The van der Waals surface area contributed by atoms with Gasteiger partial charge in [-0.3, -0.25) is 0 Å². The number of esters is 2. The molecular weight excluding hydrogens is 467 g/mol. The molecule has 0 spiro atoms. The number of hydrogen-bond donors (Lipinski definition) is 0. The minimum absolute atomic E-state index is 0.0253. The number of halogens is 1. The molecule has 182 valence electrons. The van der Waals surface area contributed by atoms with Crippen LogP contribution in [0.4, 0.5) is 4.39 Å². The average Bonchev–Trinajstić information content (AvgIpc) is 3.45. The van der Waals surface area contributed by atoms with Gasteiger partial charge in [0.05, 0.1) is 29.7 Å². The van der Waals surface area contributed by atoms with E-state index >= 15 is 4.39 Å². The Morgan fingerprint density at radius 3 is 2.36 bits per heavy atom. The number of aryl methyl sites for hydroxylation is 1. The summed E-state index contributed by atoms with van der Waals surface area (Å²) in [5.41, 5.74) is 2.35. The van der Waals surface area contributed by atoms with Crippen molar-refractivity contribution >= 4 is 23.1 Å². The molecule has 0 saturated carbocycles. The molecule has 0 bridgehead atoms. The van der Waals surface area contributed by atoms with Crippen LogP contribution in [0.2, 0.25) is 0 Å². The Morgan fingerprint density at radius 2 is 1.67 bits per heavy atom. The zero-order valence-electron chi connectivity index (χ0n) is 19.2. The van der Waals surface area contributed by atoms with Crippen LogP contribution in [0.3, 0.4) is 0 Å². The summed E-state index contributed by atoms with van der Waals surface area (Å²) in [6.07, 6.45) is -0.324. The Balaban J connectivity index is 1.40. The van der Waals surface area contributed by atoms with E-state index < -0.39 is 30.3 Å². The van der Waals surface area contributed by atoms with Gasteiger partial charge in [-0.25, -0.2) is 28.9 Å². The smallest absolute Gasteiger partial charge is 0.343 e. The minimum atomic E-state index is -1.75. The first-order valence-corrected chi connectivity index (χ1v) is 11.2. The van der Waals surface area contributed by atoms with Gasteiger partial charge in [-0.15, -0.1) is 0 Å². The third-order valence-corrected chi connectivity index (χ3v) is 5.71. The lowest BCUT2D eigenvalue weighted by Gasteiger charge is -2.15. The van der Waals surface area contributed by atoms with E-state index in [-0.39, 0.29) is 17.9 Å². The van der Waals surface area contributed by atoms with Crippen LogP contribution in [-0.4, -0.2) is 49.8 Å². The van der Waals surface area contributed by atoms with E-state index in [1.165, 1.54) is 12.7 Å². The van der Waals surface area contributed by atoms with Crippen LogP contribution in [0.1, 0.15) is 26.4 Å². The predicted molar refractivity (Wildman–Crippen MR) is 125 cm³/mol. The minimum Gasteiger partial charge on any atom is -0.482 e. The number of alkyl halides is 1. The van der Waals surface area contributed by atoms with Crippen molar-refractivity contribution in [2.75, 3.05) is 0 Å². The zero-order valence-corrected chi connectivity index (χ0v) is 19.2. The van der Waals surface area contributed by atoms with E-state index in [2.05, 4.69) is 15.0 Å². The highest BCUT2D eigenvalue weighted by molar-refractivity contribution is 5.90. The van der Waals surface area contributed by atoms with Crippen molar-refractivity contribution in [3.8, 4) is 0 Å². The Morgan fingerprint density at radius 1 is 1.00 bits per heavy atom. The lowest BCUT2D eigenvalue weighted by molar-refractivity contribution is 0.0204. The van der Waals surface area contributed by atoms with Crippen molar-refractivity contribution in [2.24, 2.45) is 0 Å². The fourth-order valence-corrected chi connectivity index (χ4v) is 3.85. The van der Waals surface area contributed by atoms with Crippen LogP contribution in [0, 0.1) is 6.92 Å². The molecule has 2 aromatic carbocycles. The summed E-state index contributed by atoms with van der Waals surface area (Å²) in [5, 5.41) is 0. The fourth-order valence-electron chi connectivity index (χ4n) is 3.85. The molecule has 3 heterocycles. The van der Waals surface area contributed by atoms with E-state index in [1.54, 1.807) is 72.2 Å². The molecule has 4 aromatic rings. The number of carbonyl (C=O) groups is 2. The van der Waals surface area contributed by atoms with E-state index in [1.807, 2.05) is 0 Å². The largest absolute Gasteiger partial charge is 0.482 e. The van der Waals surface area contributed by atoms with Crippen molar-refractivity contribution in [3.05, 3.63) is 102 Å². The standard InChI is InChI=1S/C26H21FN4O5/c1-16-22-24(29-14-28-16)31(15-30-22)12-19-21(27)23(36-26(33)18-10-6-3-7-11-18)20(35-19)13-34-25(32)17-8-4-2-5-9-17/h2-11,13-15,19,21,23H,12H2,1H3/b20-13+/t19?,21?,23-/m1/s1. The van der Waals surface area contributed by atoms with Gasteiger partial charge in [0.2, 0.25) is 0 Å². The number of carbonyl (C=O) groups excluding carboxylic acids is 2. The Bertz CT molecular complexity index is 1420. The van der Waals surface area contributed by atoms with Gasteiger partial charge in [0.15, 0.2) is 29.8 Å². The van der Waals surface area contributed by atoms with Crippen LogP contribution in [-0.2, 0) is 20.8 Å². The number of imidazole rings is 1. The molecule has 10 heteroatoms. The number of benzene rings is 2. The summed E-state index contributed by atoms with van der Waals surface area (Å²) in [4.78, 5) is 37.7. The van der Waals surface area contributed by atoms with E-state index in [0.717, 1.165) is 6.26 Å². The number of nitrogens with zero attached hydrogens (tertiary/aromatic N) is 4. The van der Waals surface area contributed by atoms with Crippen LogP contribution < -0.4 is 0 Å². The molecule has 5 rings (SSSR count). The second kappa shape index (κ2) is 9.95. The Labute approximate surface area is 205 Å². The molecule has 1 fully saturated rings. The second-order valence-corrected chi connectivity index (χ2v) is 8.11. The molecule has 0 radical (unpaired) electrons. The Kier molecular flexibility index (Phi) is 6.40. The highest BCUT2D eigenvalue weighted by Gasteiger charge is 2.46. The van der Waals surface area contributed by atoms with Gasteiger partial charge in [-0.05, 0) is 31.2 Å². The molecule has 0 N–H and O–H groups in total. The third-order valence-electron chi connectivity index (χ3n) is 5.71. The van der Waals surface area contributed by atoms with Crippen LogP contribution in [0.25, 0.3) is 11.2 Å². The molecule has 1 saturated heterocycles. The summed E-state index contributed by atoms with van der Waals surface area (Å²) in [6, 6.07) is 16.5. The van der Waals surface area contributed by atoms with E-state index in [4.69, 9.17) is 14.2 Å². The van der Waals surface area contributed by atoms with Crippen LogP contribution in [0.5, 0.6) is 0 Å². The normalized spacial score (nSPS) is 20.3. The topological polar surface area (TPSA) is 105 Å². The quantitative estimate of drug-likeness (QED) is 0.298. The Hall–Kier alpha value is -4.60. The molecule has 1 aliphatic heterocycles. The number of hydrogen-bond acceptors (Lipinski definition) is 8. The number of ether oxygens (including phenoxy) is 3. The molecule has 1 aliphatic rings. The first-order chi connectivity index (χ1) is 17.5. The number of rotatable bonds is 6. The zero-order chi connectivity index (χ0) is 25.1. The summed E-state index contributed by atoms with van der Waals surface area (Å²) in [5.74, 6) is -1.51. The lowest BCUT2D eigenvalue weighted by atomic mass is 10.1. The van der Waals surface area contributed by atoms with Crippen LogP contribution >= 0.6 is 0 Å². The first-order valence-electron chi connectivity index (χ1n) is 11.2. The second-order valence-electron chi connectivity index (χ2n) is 8.11. The lowest BCUT2D eigenvalue weighted by Crippen LogP contribution is -2.32. The van der Waals surface area contributed by atoms with Gasteiger partial charge in [0.1, 0.15) is 18.1 Å². The maximum absolute atomic E-state index is 15.6. The molecule has 36 heavy (non-hydrogen) atoms. The van der Waals surface area contributed by atoms with Gasteiger partial charge in [0, 0.05) is 0 Å². The summed E-state index contributed by atoms with van der Waals surface area (Å²) in [7, 11) is 0. The molecule has 3 atom stereocenters. The maximum Gasteiger partial charge on any atom is 0.343 e. The fraction of sp³-hybridized carbons (Fsp3) is 0.192. The molecule has 0 aliphatic carbocycles. The van der Waals surface area contributed by atoms with Crippen molar-refractivity contribution in [1.82, 2.24) is 19.5 Å². The SMILES string of the molecule is Cc1ncnc2c1ncn2CC1O/C(=C/OC(=O)c2ccccc2)[C@@H](OC(=O)c2ccccc2)C1F. The van der Waals surface area contributed by atoms with Crippen molar-refractivity contribution in [1.29, 1.82) is 0 Å². The summed E-state index contributed by atoms with van der Waals surface area (Å²) in [6.45, 7) is 1.82. The first kappa shape index (κ1) is 23.2. The molecule has 2 unspecified atom stereocenters. The van der Waals surface area contributed by atoms with Crippen molar-refractivity contribution in [2.45, 2.75) is 31.8 Å². The van der Waals surface area contributed by atoms with Crippen molar-refractivity contribution in [3.63, 3.8) is 0 Å². The highest BCUT2D eigenvalue weighted by Crippen LogP contribution is 2.32.